The van der Waals surface area contributed by atoms with Crippen LogP contribution in [-0.2, 0) is 13.5 Å². The summed E-state index contributed by atoms with van der Waals surface area (Å²) < 4.78 is 2.18. The van der Waals surface area contributed by atoms with Crippen LogP contribution in [-0.4, -0.2) is 4.57 Å². The average molecular weight is 250 g/mol. The second kappa shape index (κ2) is 4.47. The molecule has 0 saturated heterocycles. The van der Waals surface area contributed by atoms with Crippen LogP contribution in [0.3, 0.4) is 0 Å². The first-order valence-electron chi connectivity index (χ1n) is 6.53. The smallest absolute Gasteiger partial charge is 0.0480 e. The highest BCUT2D eigenvalue weighted by molar-refractivity contribution is 5.85. The third-order valence-electron chi connectivity index (χ3n) is 3.66. The van der Waals surface area contributed by atoms with Crippen molar-refractivity contribution in [3.63, 3.8) is 0 Å². The van der Waals surface area contributed by atoms with E-state index in [1.165, 1.54) is 27.6 Å². The van der Waals surface area contributed by atoms with E-state index in [1.54, 1.807) is 0 Å². The third-order valence-corrected chi connectivity index (χ3v) is 3.66. The summed E-state index contributed by atoms with van der Waals surface area (Å²) in [6.07, 6.45) is 3.09. The van der Waals surface area contributed by atoms with Gasteiger partial charge >= 0.3 is 0 Å². The third kappa shape index (κ3) is 2.10. The molecule has 19 heavy (non-hydrogen) atoms. The van der Waals surface area contributed by atoms with Crippen molar-refractivity contribution < 1.29 is 0 Å². The molecular weight excluding hydrogens is 232 g/mol. The molecule has 0 fully saturated rings. The molecule has 0 aliphatic rings. The lowest BCUT2D eigenvalue weighted by atomic mass is 10.0. The highest BCUT2D eigenvalue weighted by Crippen LogP contribution is 2.25. The van der Waals surface area contributed by atoms with Crippen molar-refractivity contribution in [3.8, 4) is 0 Å². The van der Waals surface area contributed by atoms with E-state index >= 15 is 0 Å². The Balaban J connectivity index is 2.11. The summed E-state index contributed by atoms with van der Waals surface area (Å²) in [6, 6.07) is 14.7. The number of aromatic nitrogens is 1. The van der Waals surface area contributed by atoms with Crippen molar-refractivity contribution in [2.24, 2.45) is 7.05 Å². The van der Waals surface area contributed by atoms with Gasteiger partial charge in [-0.1, -0.05) is 29.8 Å². The largest absolute Gasteiger partial charge is 0.398 e. The fraction of sp³-hybridized carbons (Fsp3) is 0.176. The summed E-state index contributed by atoms with van der Waals surface area (Å²) in [5.41, 5.74) is 12.0. The molecule has 2 nitrogen and oxygen atoms in total. The van der Waals surface area contributed by atoms with Crippen molar-refractivity contribution in [2.45, 2.75) is 13.3 Å². The van der Waals surface area contributed by atoms with E-state index in [1.807, 2.05) is 18.2 Å². The fourth-order valence-corrected chi connectivity index (χ4v) is 2.63. The van der Waals surface area contributed by atoms with Gasteiger partial charge in [-0.2, -0.15) is 0 Å². The van der Waals surface area contributed by atoms with E-state index in [4.69, 9.17) is 5.73 Å². The summed E-state index contributed by atoms with van der Waals surface area (Å²) in [6.45, 7) is 2.13. The summed E-state index contributed by atoms with van der Waals surface area (Å²) in [5, 5.41) is 1.32. The molecule has 0 aliphatic heterocycles. The average Bonchev–Trinajstić information content (AvgIpc) is 2.69. The van der Waals surface area contributed by atoms with Gasteiger partial charge in [0.15, 0.2) is 0 Å². The number of anilines is 1. The molecule has 1 aromatic heterocycles. The minimum Gasteiger partial charge on any atom is -0.398 e. The van der Waals surface area contributed by atoms with Gasteiger partial charge in [-0.25, -0.2) is 0 Å². The zero-order valence-electron chi connectivity index (χ0n) is 11.4. The SMILES string of the molecule is Cc1ccc2c(c1)c(Cc1ccccc1N)cn2C. The second-order valence-electron chi connectivity index (χ2n) is 5.16. The van der Waals surface area contributed by atoms with Crippen LogP contribution in [0.5, 0.6) is 0 Å². The van der Waals surface area contributed by atoms with E-state index in [0.29, 0.717) is 0 Å². The lowest BCUT2D eigenvalue weighted by Gasteiger charge is -2.04. The lowest BCUT2D eigenvalue weighted by molar-refractivity contribution is 0.958. The number of rotatable bonds is 2. The van der Waals surface area contributed by atoms with Gasteiger partial charge in [-0.3, -0.25) is 0 Å². The maximum absolute atomic E-state index is 6.04. The van der Waals surface area contributed by atoms with E-state index < -0.39 is 0 Å². The van der Waals surface area contributed by atoms with Crippen LogP contribution in [0.2, 0.25) is 0 Å². The molecule has 0 bridgehead atoms. The number of fused-ring (bicyclic) bond motifs is 1. The maximum atomic E-state index is 6.04. The number of nitrogens with two attached hydrogens (primary N) is 1. The number of hydrogen-bond donors (Lipinski definition) is 1. The van der Waals surface area contributed by atoms with Crippen LogP contribution in [0.25, 0.3) is 10.9 Å². The van der Waals surface area contributed by atoms with Crippen molar-refractivity contribution in [2.75, 3.05) is 5.73 Å². The van der Waals surface area contributed by atoms with E-state index in [-0.39, 0.29) is 0 Å². The molecule has 3 aromatic rings. The van der Waals surface area contributed by atoms with Gasteiger partial charge in [-0.05, 0) is 36.2 Å². The zero-order valence-corrected chi connectivity index (χ0v) is 11.4. The standard InChI is InChI=1S/C17H18N2/c1-12-7-8-17-15(9-12)14(11-19(17)2)10-13-5-3-4-6-16(13)18/h3-9,11H,10,18H2,1-2H3. The Kier molecular flexibility index (Phi) is 2.79. The van der Waals surface area contributed by atoms with Crippen LogP contribution in [0.1, 0.15) is 16.7 Å². The predicted molar refractivity (Wildman–Crippen MR) is 81.3 cm³/mol. The molecule has 0 saturated carbocycles. The first-order valence-corrected chi connectivity index (χ1v) is 6.53. The van der Waals surface area contributed by atoms with Crippen molar-refractivity contribution >= 4 is 16.6 Å². The first-order chi connectivity index (χ1) is 9.15. The molecule has 2 N–H and O–H groups in total. The summed E-state index contributed by atoms with van der Waals surface area (Å²) in [7, 11) is 2.09. The Labute approximate surface area is 113 Å². The second-order valence-corrected chi connectivity index (χ2v) is 5.16. The predicted octanol–water partition coefficient (Wildman–Crippen LogP) is 3.66. The highest BCUT2D eigenvalue weighted by atomic mass is 14.9. The van der Waals surface area contributed by atoms with E-state index in [9.17, 15) is 0 Å². The molecule has 0 spiro atoms. The Hall–Kier alpha value is -2.22. The van der Waals surface area contributed by atoms with Crippen LogP contribution in [0, 0.1) is 6.92 Å². The normalized spacial score (nSPS) is 11.1. The number of nitrogens with zero attached hydrogens (tertiary/aromatic N) is 1. The Morgan fingerprint density at radius 1 is 1.05 bits per heavy atom. The summed E-state index contributed by atoms with van der Waals surface area (Å²) >= 11 is 0. The maximum Gasteiger partial charge on any atom is 0.0480 e. The minimum atomic E-state index is 0.868. The number of hydrogen-bond acceptors (Lipinski definition) is 1. The number of aryl methyl sites for hydroxylation is 2. The van der Waals surface area contributed by atoms with Gasteiger partial charge in [0, 0.05) is 36.3 Å². The number of para-hydroxylation sites is 1. The molecule has 1 heterocycles. The molecule has 0 atom stereocenters. The fourth-order valence-electron chi connectivity index (χ4n) is 2.63. The minimum absolute atomic E-state index is 0.868. The molecule has 2 aromatic carbocycles. The van der Waals surface area contributed by atoms with E-state index in [0.717, 1.165) is 12.1 Å². The van der Waals surface area contributed by atoms with Crippen molar-refractivity contribution in [1.29, 1.82) is 0 Å². The molecule has 2 heteroatoms. The monoisotopic (exact) mass is 250 g/mol. The van der Waals surface area contributed by atoms with Gasteiger partial charge in [0.05, 0.1) is 0 Å². The molecule has 0 unspecified atom stereocenters. The van der Waals surface area contributed by atoms with Crippen LogP contribution < -0.4 is 5.73 Å². The van der Waals surface area contributed by atoms with Crippen molar-refractivity contribution in [3.05, 3.63) is 65.4 Å². The topological polar surface area (TPSA) is 30.9 Å². The highest BCUT2D eigenvalue weighted by Gasteiger charge is 2.08. The van der Waals surface area contributed by atoms with Gasteiger partial charge in [-0.15, -0.1) is 0 Å². The molecule has 0 amide bonds. The Morgan fingerprint density at radius 2 is 1.84 bits per heavy atom. The summed E-state index contributed by atoms with van der Waals surface area (Å²) in [4.78, 5) is 0. The first kappa shape index (κ1) is 11.8. The zero-order chi connectivity index (χ0) is 13.4. The van der Waals surface area contributed by atoms with E-state index in [2.05, 4.69) is 49.0 Å². The lowest BCUT2D eigenvalue weighted by Crippen LogP contribution is -1.94. The molecular formula is C17H18N2. The molecule has 96 valence electrons. The number of nitrogen functional groups attached to an aromatic ring is 1. The molecule has 0 radical (unpaired) electrons. The molecule has 0 aliphatic carbocycles. The van der Waals surface area contributed by atoms with Crippen LogP contribution in [0.4, 0.5) is 5.69 Å². The number of benzene rings is 2. The molecule has 3 rings (SSSR count). The summed E-state index contributed by atoms with van der Waals surface area (Å²) in [5.74, 6) is 0. The van der Waals surface area contributed by atoms with Gasteiger partial charge in [0.1, 0.15) is 0 Å². The van der Waals surface area contributed by atoms with Crippen LogP contribution in [0.15, 0.2) is 48.7 Å². The Morgan fingerprint density at radius 3 is 2.63 bits per heavy atom. The van der Waals surface area contributed by atoms with Gasteiger partial charge < -0.3 is 10.3 Å². The van der Waals surface area contributed by atoms with Gasteiger partial charge in [0.2, 0.25) is 0 Å². The quantitative estimate of drug-likeness (QED) is 0.691. The Bertz CT molecular complexity index is 738. The van der Waals surface area contributed by atoms with Crippen LogP contribution >= 0.6 is 0 Å². The van der Waals surface area contributed by atoms with Gasteiger partial charge in [0.25, 0.3) is 0 Å². The van der Waals surface area contributed by atoms with Crippen molar-refractivity contribution in [1.82, 2.24) is 4.57 Å².